The third-order valence-corrected chi connectivity index (χ3v) is 3.00. The number of ether oxygens (including phenoxy) is 1. The molecule has 1 atom stereocenters. The van der Waals surface area contributed by atoms with Crippen LogP contribution in [0.15, 0.2) is 12.4 Å². The van der Waals surface area contributed by atoms with Gasteiger partial charge in [-0.1, -0.05) is 4.49 Å². The Kier molecular flexibility index (Phi) is 3.13. The molecule has 2 heterocycles. The zero-order chi connectivity index (χ0) is 11.5. The lowest BCUT2D eigenvalue weighted by Gasteiger charge is -2.15. The largest absolute Gasteiger partial charge is 0.493 e. The fourth-order valence-corrected chi connectivity index (χ4v) is 2.08. The Balaban J connectivity index is 2.44. The van der Waals surface area contributed by atoms with Crippen LogP contribution in [0.5, 0.6) is 5.75 Å². The molecule has 2 aromatic heterocycles. The van der Waals surface area contributed by atoms with E-state index in [0.717, 1.165) is 10.6 Å². The van der Waals surface area contributed by atoms with Crippen molar-refractivity contribution in [3.05, 3.63) is 23.0 Å². The van der Waals surface area contributed by atoms with Crippen LogP contribution >= 0.6 is 11.5 Å². The van der Waals surface area contributed by atoms with Gasteiger partial charge in [-0.3, -0.25) is 10.5 Å². The van der Waals surface area contributed by atoms with E-state index in [-0.39, 0.29) is 6.04 Å². The maximum atomic E-state index is 5.55. The molecule has 0 saturated heterocycles. The molecule has 2 aromatic rings. The summed E-state index contributed by atoms with van der Waals surface area (Å²) in [6.07, 6.45) is 3.32. The van der Waals surface area contributed by atoms with E-state index in [9.17, 15) is 0 Å². The molecule has 0 bridgehead atoms. The normalized spacial score (nSPS) is 12.7. The van der Waals surface area contributed by atoms with Crippen LogP contribution in [0.1, 0.15) is 16.6 Å². The van der Waals surface area contributed by atoms with Gasteiger partial charge in [0.05, 0.1) is 24.4 Å². The smallest absolute Gasteiger partial charge is 0.162 e. The molecule has 0 amide bonds. The van der Waals surface area contributed by atoms with Gasteiger partial charge >= 0.3 is 0 Å². The van der Waals surface area contributed by atoms with Crippen molar-refractivity contribution < 1.29 is 4.74 Å². The van der Waals surface area contributed by atoms with Crippen LogP contribution in [0, 0.1) is 0 Å². The summed E-state index contributed by atoms with van der Waals surface area (Å²) >= 11 is 1.28. The highest BCUT2D eigenvalue weighted by Gasteiger charge is 2.23. The molecule has 0 aromatic carbocycles. The molecular weight excluding hydrogens is 228 g/mol. The number of nitrogens with one attached hydrogen (secondary N) is 1. The Bertz CT molecular complexity index is 453. The molecule has 86 valence electrons. The monoisotopic (exact) mass is 240 g/mol. The van der Waals surface area contributed by atoms with E-state index in [1.807, 2.05) is 7.05 Å². The van der Waals surface area contributed by atoms with E-state index in [0.29, 0.717) is 5.75 Å². The van der Waals surface area contributed by atoms with Gasteiger partial charge in [0.1, 0.15) is 11.7 Å². The number of nitrogens with two attached hydrogens (primary N) is 1. The van der Waals surface area contributed by atoms with Crippen LogP contribution in [0.25, 0.3) is 0 Å². The number of aryl methyl sites for hydroxylation is 1. The van der Waals surface area contributed by atoms with E-state index in [4.69, 9.17) is 10.6 Å². The zero-order valence-electron chi connectivity index (χ0n) is 8.91. The topological polar surface area (TPSA) is 90.9 Å². The summed E-state index contributed by atoms with van der Waals surface area (Å²) in [5.74, 6) is 6.23. The average Bonchev–Trinajstić information content (AvgIpc) is 2.91. The van der Waals surface area contributed by atoms with Gasteiger partial charge in [-0.15, -0.1) is 5.10 Å². The number of aromatic nitrogens is 4. The fraction of sp³-hybridized carbons (Fsp3) is 0.375. The van der Waals surface area contributed by atoms with Gasteiger partial charge in [0, 0.05) is 7.05 Å². The number of nitrogens with zero attached hydrogens (tertiary/aromatic N) is 4. The van der Waals surface area contributed by atoms with Crippen LogP contribution in [-0.4, -0.2) is 26.5 Å². The first kappa shape index (κ1) is 11.0. The minimum Gasteiger partial charge on any atom is -0.493 e. The predicted molar refractivity (Wildman–Crippen MR) is 58.8 cm³/mol. The van der Waals surface area contributed by atoms with Gasteiger partial charge in [0.2, 0.25) is 0 Å². The Morgan fingerprint density at radius 1 is 1.56 bits per heavy atom. The van der Waals surface area contributed by atoms with Crippen molar-refractivity contribution in [3.63, 3.8) is 0 Å². The van der Waals surface area contributed by atoms with Crippen molar-refractivity contribution in [1.82, 2.24) is 24.8 Å². The number of hydrogen-bond acceptors (Lipinski definition) is 7. The molecule has 0 fully saturated rings. The van der Waals surface area contributed by atoms with E-state index in [1.54, 1.807) is 24.2 Å². The third-order valence-electron chi connectivity index (χ3n) is 2.27. The molecule has 0 radical (unpaired) electrons. The molecule has 1 unspecified atom stereocenters. The Labute approximate surface area is 96.4 Å². The Morgan fingerprint density at radius 3 is 2.94 bits per heavy atom. The highest BCUT2D eigenvalue weighted by Crippen LogP contribution is 2.29. The number of hydrogen-bond donors (Lipinski definition) is 2. The molecule has 0 aliphatic heterocycles. The molecule has 16 heavy (non-hydrogen) atoms. The predicted octanol–water partition coefficient (Wildman–Crippen LogP) is -0.167. The molecule has 0 spiro atoms. The molecule has 0 saturated carbocycles. The summed E-state index contributed by atoms with van der Waals surface area (Å²) in [5.41, 5.74) is 3.56. The summed E-state index contributed by atoms with van der Waals surface area (Å²) < 4.78 is 10.8. The molecular formula is C8H12N6OS. The molecule has 0 aliphatic rings. The summed E-state index contributed by atoms with van der Waals surface area (Å²) in [6, 6.07) is -0.220. The second kappa shape index (κ2) is 4.56. The van der Waals surface area contributed by atoms with Crippen LogP contribution in [0.3, 0.4) is 0 Å². The van der Waals surface area contributed by atoms with Crippen molar-refractivity contribution in [3.8, 4) is 5.75 Å². The minimum absolute atomic E-state index is 0.220. The van der Waals surface area contributed by atoms with Gasteiger partial charge in [0.15, 0.2) is 5.75 Å². The maximum absolute atomic E-state index is 5.55. The second-order valence-electron chi connectivity index (χ2n) is 3.14. The number of methoxy groups -OCH3 is 1. The van der Waals surface area contributed by atoms with Crippen molar-refractivity contribution in [1.29, 1.82) is 0 Å². The summed E-state index contributed by atoms with van der Waals surface area (Å²) in [4.78, 5) is 0.907. The SMILES string of the molecule is COc1cnn(C)c1C(NN)c1cnns1. The van der Waals surface area contributed by atoms with Gasteiger partial charge in [-0.25, -0.2) is 5.43 Å². The minimum atomic E-state index is -0.220. The van der Waals surface area contributed by atoms with Gasteiger partial charge < -0.3 is 4.74 Å². The lowest BCUT2D eigenvalue weighted by atomic mass is 10.2. The van der Waals surface area contributed by atoms with E-state index < -0.39 is 0 Å². The highest BCUT2D eigenvalue weighted by molar-refractivity contribution is 7.05. The first-order valence-corrected chi connectivity index (χ1v) is 5.34. The van der Waals surface area contributed by atoms with E-state index >= 15 is 0 Å². The van der Waals surface area contributed by atoms with Gasteiger partial charge in [0.25, 0.3) is 0 Å². The van der Waals surface area contributed by atoms with Crippen molar-refractivity contribution in [2.24, 2.45) is 12.9 Å². The van der Waals surface area contributed by atoms with E-state index in [1.165, 1.54) is 11.5 Å². The standard InChI is InChI=1S/C8H12N6OS/c1-14-8(5(15-2)3-11-14)7(12-9)6-4-10-13-16-6/h3-4,7,12H,9H2,1-2H3. The molecule has 2 rings (SSSR count). The quantitative estimate of drug-likeness (QED) is 0.569. The summed E-state index contributed by atoms with van der Waals surface area (Å²) in [5, 5.41) is 7.91. The first-order valence-electron chi connectivity index (χ1n) is 4.57. The third kappa shape index (κ3) is 1.77. The number of hydrazine groups is 1. The highest BCUT2D eigenvalue weighted by atomic mass is 32.1. The number of rotatable bonds is 4. The molecule has 3 N–H and O–H groups in total. The van der Waals surface area contributed by atoms with Crippen LogP contribution < -0.4 is 16.0 Å². The maximum Gasteiger partial charge on any atom is 0.162 e. The Hall–Kier alpha value is -1.51. The van der Waals surface area contributed by atoms with Crippen LogP contribution in [-0.2, 0) is 7.05 Å². The molecule has 0 aliphatic carbocycles. The van der Waals surface area contributed by atoms with Crippen molar-refractivity contribution in [2.75, 3.05) is 7.11 Å². The van der Waals surface area contributed by atoms with Crippen molar-refractivity contribution in [2.45, 2.75) is 6.04 Å². The van der Waals surface area contributed by atoms with Gasteiger partial charge in [-0.2, -0.15) is 5.10 Å². The fourth-order valence-electron chi connectivity index (χ4n) is 1.51. The zero-order valence-corrected chi connectivity index (χ0v) is 9.73. The lowest BCUT2D eigenvalue weighted by Crippen LogP contribution is -2.30. The second-order valence-corrected chi connectivity index (χ2v) is 3.96. The lowest BCUT2D eigenvalue weighted by molar-refractivity contribution is 0.401. The Morgan fingerprint density at radius 2 is 2.38 bits per heavy atom. The van der Waals surface area contributed by atoms with Crippen LogP contribution in [0.4, 0.5) is 0 Å². The van der Waals surface area contributed by atoms with Crippen LogP contribution in [0.2, 0.25) is 0 Å². The molecule has 8 heteroatoms. The van der Waals surface area contributed by atoms with Gasteiger partial charge in [-0.05, 0) is 11.5 Å². The summed E-state index contributed by atoms with van der Waals surface area (Å²) in [6.45, 7) is 0. The van der Waals surface area contributed by atoms with E-state index in [2.05, 4.69) is 20.1 Å². The van der Waals surface area contributed by atoms with Crippen molar-refractivity contribution >= 4 is 11.5 Å². The average molecular weight is 240 g/mol. The summed E-state index contributed by atoms with van der Waals surface area (Å²) in [7, 11) is 3.43. The first-order chi connectivity index (χ1) is 7.77. The molecule has 7 nitrogen and oxygen atoms in total.